The Kier molecular flexibility index (Phi) is 5.31. The number of hydrogen-bond acceptors (Lipinski definition) is 5. The Morgan fingerprint density at radius 1 is 1.69 bits per heavy atom. The van der Waals surface area contributed by atoms with Crippen LogP contribution in [0.1, 0.15) is 6.92 Å². The molecule has 2 unspecified atom stereocenters. The van der Waals surface area contributed by atoms with Gasteiger partial charge in [0.25, 0.3) is 0 Å². The summed E-state index contributed by atoms with van der Waals surface area (Å²) in [5.74, 6) is -0.575. The van der Waals surface area contributed by atoms with Gasteiger partial charge in [0, 0.05) is 11.5 Å². The van der Waals surface area contributed by atoms with Gasteiger partial charge in [-0.05, 0) is 6.92 Å². The molecule has 0 aliphatic carbocycles. The van der Waals surface area contributed by atoms with Gasteiger partial charge in [0.2, 0.25) is 0 Å². The number of aliphatic hydroxyl groups is 2. The van der Waals surface area contributed by atoms with E-state index in [1.165, 1.54) is 18.7 Å². The molecule has 0 aliphatic heterocycles. The van der Waals surface area contributed by atoms with Gasteiger partial charge in [-0.15, -0.1) is 0 Å². The van der Waals surface area contributed by atoms with Gasteiger partial charge in [-0.3, -0.25) is 4.79 Å². The third-order valence-corrected chi connectivity index (χ3v) is 2.84. The number of nitrogens with two attached hydrogens (primary N) is 1. The maximum absolute atomic E-state index is 10.5. The fourth-order valence-corrected chi connectivity index (χ4v) is 1.56. The van der Waals surface area contributed by atoms with Crippen LogP contribution in [0.4, 0.5) is 0 Å². The number of thioether (sulfide) groups is 1. The summed E-state index contributed by atoms with van der Waals surface area (Å²) >= 11 is 1.21. The Labute approximate surface area is 80.9 Å². The largest absolute Gasteiger partial charge is 0.480 e. The summed E-state index contributed by atoms with van der Waals surface area (Å²) in [6, 6.07) is 0. The van der Waals surface area contributed by atoms with Crippen molar-refractivity contribution in [2.24, 2.45) is 5.73 Å². The molecule has 0 rings (SSSR count). The van der Waals surface area contributed by atoms with E-state index in [9.17, 15) is 4.79 Å². The number of carbonyl (C=O) groups is 1. The molecule has 0 aromatic carbocycles. The molecule has 0 radical (unpaired) electrons. The standard InChI is InChI=1S/C7H15NO4S/c1-7(8,6(11)12)4-13-3-5(10)2-9/h5,9-10H,2-4,8H2,1H3,(H,11,12). The number of rotatable bonds is 6. The molecule has 0 aromatic rings. The van der Waals surface area contributed by atoms with Crippen LogP contribution in [-0.4, -0.2) is 51.0 Å². The minimum atomic E-state index is -1.28. The Morgan fingerprint density at radius 2 is 2.23 bits per heavy atom. The monoisotopic (exact) mass is 209 g/mol. The Balaban J connectivity index is 3.70. The zero-order valence-electron chi connectivity index (χ0n) is 7.43. The Bertz CT molecular complexity index is 174. The predicted octanol–water partition coefficient (Wildman–Crippen LogP) is -1.13. The van der Waals surface area contributed by atoms with Crippen LogP contribution in [0.15, 0.2) is 0 Å². The fourth-order valence-electron chi connectivity index (χ4n) is 0.521. The lowest BCUT2D eigenvalue weighted by molar-refractivity contribution is -0.141. The summed E-state index contributed by atoms with van der Waals surface area (Å²) in [5.41, 5.74) is 4.14. The van der Waals surface area contributed by atoms with Gasteiger partial charge in [0.15, 0.2) is 0 Å². The third-order valence-electron chi connectivity index (χ3n) is 1.41. The summed E-state index contributed by atoms with van der Waals surface area (Å²) in [4.78, 5) is 10.5. The summed E-state index contributed by atoms with van der Waals surface area (Å²) in [7, 11) is 0. The van der Waals surface area contributed by atoms with Crippen LogP contribution in [0.5, 0.6) is 0 Å². The number of aliphatic hydroxyl groups excluding tert-OH is 2. The third kappa shape index (κ3) is 5.09. The molecule has 0 spiro atoms. The maximum Gasteiger partial charge on any atom is 0.324 e. The van der Waals surface area contributed by atoms with Crippen LogP contribution in [-0.2, 0) is 4.79 Å². The summed E-state index contributed by atoms with van der Waals surface area (Å²) < 4.78 is 0. The van der Waals surface area contributed by atoms with E-state index in [-0.39, 0.29) is 18.1 Å². The number of hydrogen-bond donors (Lipinski definition) is 4. The second kappa shape index (κ2) is 5.43. The van der Waals surface area contributed by atoms with Gasteiger partial charge >= 0.3 is 5.97 Å². The highest BCUT2D eigenvalue weighted by Gasteiger charge is 2.27. The van der Waals surface area contributed by atoms with Crippen LogP contribution in [0, 0.1) is 0 Å². The van der Waals surface area contributed by atoms with Gasteiger partial charge in [0.1, 0.15) is 5.54 Å². The van der Waals surface area contributed by atoms with E-state index in [2.05, 4.69) is 0 Å². The van der Waals surface area contributed by atoms with E-state index >= 15 is 0 Å². The maximum atomic E-state index is 10.5. The number of aliphatic carboxylic acids is 1. The molecule has 0 bridgehead atoms. The first-order valence-corrected chi connectivity index (χ1v) is 4.94. The predicted molar refractivity (Wildman–Crippen MR) is 50.6 cm³/mol. The van der Waals surface area contributed by atoms with Crippen molar-refractivity contribution >= 4 is 17.7 Å². The summed E-state index contributed by atoms with van der Waals surface area (Å²) in [6.45, 7) is 1.09. The van der Waals surface area contributed by atoms with Crippen molar-refractivity contribution in [3.63, 3.8) is 0 Å². The Hall–Kier alpha value is -0.300. The van der Waals surface area contributed by atoms with E-state index in [0.29, 0.717) is 0 Å². The van der Waals surface area contributed by atoms with E-state index in [1.54, 1.807) is 0 Å². The highest BCUT2D eigenvalue weighted by molar-refractivity contribution is 7.99. The molecule has 2 atom stereocenters. The van der Waals surface area contributed by atoms with Crippen LogP contribution in [0.25, 0.3) is 0 Å². The SMILES string of the molecule is CC(N)(CSCC(O)CO)C(=O)O. The second-order valence-electron chi connectivity index (χ2n) is 3.07. The van der Waals surface area contributed by atoms with Crippen LogP contribution < -0.4 is 5.73 Å². The Morgan fingerprint density at radius 3 is 2.62 bits per heavy atom. The van der Waals surface area contributed by atoms with Gasteiger partial charge < -0.3 is 21.1 Å². The van der Waals surface area contributed by atoms with E-state index in [1.807, 2.05) is 0 Å². The van der Waals surface area contributed by atoms with Crippen molar-refractivity contribution in [1.82, 2.24) is 0 Å². The minimum Gasteiger partial charge on any atom is -0.480 e. The molecular formula is C7H15NO4S. The van der Waals surface area contributed by atoms with Crippen molar-refractivity contribution in [2.45, 2.75) is 18.6 Å². The molecule has 13 heavy (non-hydrogen) atoms. The van der Waals surface area contributed by atoms with E-state index < -0.39 is 17.6 Å². The molecule has 0 heterocycles. The van der Waals surface area contributed by atoms with Gasteiger partial charge in [-0.25, -0.2) is 0 Å². The van der Waals surface area contributed by atoms with Crippen LogP contribution in [0.2, 0.25) is 0 Å². The summed E-state index contributed by atoms with van der Waals surface area (Å²) in [5, 5.41) is 26.0. The average Bonchev–Trinajstić information content (AvgIpc) is 2.03. The van der Waals surface area contributed by atoms with Crippen molar-refractivity contribution < 1.29 is 20.1 Å². The molecule has 0 amide bonds. The molecular weight excluding hydrogens is 194 g/mol. The van der Waals surface area contributed by atoms with Crippen molar-refractivity contribution in [1.29, 1.82) is 0 Å². The number of carboxylic acid groups (broad SMARTS) is 1. The second-order valence-corrected chi connectivity index (χ2v) is 4.10. The average molecular weight is 209 g/mol. The highest BCUT2D eigenvalue weighted by atomic mass is 32.2. The van der Waals surface area contributed by atoms with Gasteiger partial charge in [0.05, 0.1) is 12.7 Å². The molecule has 0 aliphatic rings. The highest BCUT2D eigenvalue weighted by Crippen LogP contribution is 2.11. The number of carboxylic acids is 1. The topological polar surface area (TPSA) is 104 Å². The van der Waals surface area contributed by atoms with Gasteiger partial charge in [-0.2, -0.15) is 11.8 Å². The van der Waals surface area contributed by atoms with Crippen LogP contribution in [0.3, 0.4) is 0 Å². The lowest BCUT2D eigenvalue weighted by atomic mass is 10.1. The first kappa shape index (κ1) is 12.7. The first-order valence-electron chi connectivity index (χ1n) is 3.79. The van der Waals surface area contributed by atoms with E-state index in [4.69, 9.17) is 21.1 Å². The minimum absolute atomic E-state index is 0.208. The van der Waals surface area contributed by atoms with Crippen molar-refractivity contribution in [3.05, 3.63) is 0 Å². The molecule has 0 fully saturated rings. The van der Waals surface area contributed by atoms with Crippen molar-refractivity contribution in [2.75, 3.05) is 18.1 Å². The van der Waals surface area contributed by atoms with Crippen molar-refractivity contribution in [3.8, 4) is 0 Å². The molecule has 6 heteroatoms. The smallest absolute Gasteiger partial charge is 0.324 e. The summed E-state index contributed by atoms with van der Waals surface area (Å²) in [6.07, 6.45) is -0.811. The molecule has 0 saturated carbocycles. The lowest BCUT2D eigenvalue weighted by Gasteiger charge is -2.18. The van der Waals surface area contributed by atoms with E-state index in [0.717, 1.165) is 0 Å². The molecule has 5 nitrogen and oxygen atoms in total. The quantitative estimate of drug-likeness (QED) is 0.441. The molecule has 78 valence electrons. The molecule has 0 aromatic heterocycles. The lowest BCUT2D eigenvalue weighted by Crippen LogP contribution is -2.47. The molecule has 0 saturated heterocycles. The van der Waals surface area contributed by atoms with Gasteiger partial charge in [-0.1, -0.05) is 0 Å². The fraction of sp³-hybridized carbons (Fsp3) is 0.857. The zero-order chi connectivity index (χ0) is 10.5. The zero-order valence-corrected chi connectivity index (χ0v) is 8.25. The molecule has 5 N–H and O–H groups in total. The first-order chi connectivity index (χ1) is 5.90. The van der Waals surface area contributed by atoms with Crippen LogP contribution >= 0.6 is 11.8 Å². The normalized spacial score (nSPS) is 17.8.